The van der Waals surface area contributed by atoms with E-state index in [0.717, 1.165) is 30.8 Å². The van der Waals surface area contributed by atoms with Crippen molar-refractivity contribution >= 4 is 11.6 Å². The van der Waals surface area contributed by atoms with E-state index in [0.29, 0.717) is 18.2 Å². The molecule has 0 saturated carbocycles. The molecule has 0 fully saturated rings. The Kier molecular flexibility index (Phi) is 6.29. The van der Waals surface area contributed by atoms with Crippen LogP contribution in [-0.2, 0) is 13.1 Å². The van der Waals surface area contributed by atoms with Crippen LogP contribution >= 0.6 is 0 Å². The molecule has 6 heteroatoms. The summed E-state index contributed by atoms with van der Waals surface area (Å²) in [5.41, 5.74) is 2.19. The second-order valence-corrected chi connectivity index (χ2v) is 5.94. The summed E-state index contributed by atoms with van der Waals surface area (Å²) < 4.78 is 1.72. The fraction of sp³-hybridized carbons (Fsp3) is 0.471. The number of aromatic nitrogens is 3. The molecule has 0 saturated heterocycles. The van der Waals surface area contributed by atoms with Gasteiger partial charge in [-0.15, -0.1) is 5.10 Å². The molecule has 1 heterocycles. The Hall–Kier alpha value is -2.21. The number of rotatable bonds is 8. The Balaban J connectivity index is 2.02. The normalized spacial score (nSPS) is 11.0. The van der Waals surface area contributed by atoms with Gasteiger partial charge in [-0.25, -0.2) is 0 Å². The Morgan fingerprint density at radius 2 is 2.09 bits per heavy atom. The molecule has 0 bridgehead atoms. The summed E-state index contributed by atoms with van der Waals surface area (Å²) >= 11 is 0. The summed E-state index contributed by atoms with van der Waals surface area (Å²) in [5.74, 6) is 0.360. The number of anilines is 1. The third-order valence-corrected chi connectivity index (χ3v) is 3.54. The summed E-state index contributed by atoms with van der Waals surface area (Å²) in [6.45, 7) is 8.74. The molecule has 2 aromatic rings. The van der Waals surface area contributed by atoms with E-state index in [1.165, 1.54) is 0 Å². The Morgan fingerprint density at radius 1 is 1.30 bits per heavy atom. The minimum atomic E-state index is -0.232. The summed E-state index contributed by atoms with van der Waals surface area (Å²) in [7, 11) is 0. The number of nitrogens with zero attached hydrogens (tertiary/aromatic N) is 3. The maximum Gasteiger partial charge on any atom is 0.277 e. The van der Waals surface area contributed by atoms with Gasteiger partial charge in [0, 0.05) is 18.8 Å². The van der Waals surface area contributed by atoms with Crippen molar-refractivity contribution in [2.45, 2.75) is 40.3 Å². The molecule has 23 heavy (non-hydrogen) atoms. The van der Waals surface area contributed by atoms with Gasteiger partial charge in [-0.1, -0.05) is 44.2 Å². The average Bonchev–Trinajstić information content (AvgIpc) is 3.01. The predicted molar refractivity (Wildman–Crippen MR) is 91.3 cm³/mol. The molecule has 6 nitrogen and oxygen atoms in total. The lowest BCUT2D eigenvalue weighted by atomic mass is 10.1. The topological polar surface area (TPSA) is 71.8 Å². The van der Waals surface area contributed by atoms with E-state index < -0.39 is 0 Å². The highest BCUT2D eigenvalue weighted by Gasteiger charge is 2.13. The number of aryl methyl sites for hydroxylation is 1. The van der Waals surface area contributed by atoms with E-state index in [1.807, 2.05) is 24.3 Å². The number of nitrogens with one attached hydrogen (secondary N) is 2. The smallest absolute Gasteiger partial charge is 0.277 e. The van der Waals surface area contributed by atoms with Crippen LogP contribution in [0.2, 0.25) is 0 Å². The van der Waals surface area contributed by atoms with Crippen LogP contribution in [0.4, 0.5) is 5.69 Å². The molecular weight excluding hydrogens is 290 g/mol. The van der Waals surface area contributed by atoms with Gasteiger partial charge in [0.1, 0.15) is 0 Å². The molecule has 0 atom stereocenters. The van der Waals surface area contributed by atoms with Gasteiger partial charge in [0.25, 0.3) is 5.91 Å². The van der Waals surface area contributed by atoms with Crippen LogP contribution < -0.4 is 10.6 Å². The predicted octanol–water partition coefficient (Wildman–Crippen LogP) is 2.69. The van der Waals surface area contributed by atoms with Gasteiger partial charge in [0.05, 0.1) is 6.20 Å². The summed E-state index contributed by atoms with van der Waals surface area (Å²) in [5, 5.41) is 14.2. The van der Waals surface area contributed by atoms with Gasteiger partial charge in [-0.2, -0.15) is 0 Å². The standard InChI is InChI=1S/C17H25N5O/c1-4-18-11-14-7-5-6-8-15(14)19-17(23)16-12-22(21-20-16)10-9-13(2)3/h5-8,12-13,18H,4,9-11H2,1-3H3,(H,19,23). The number of para-hydroxylation sites is 1. The molecule has 1 aromatic heterocycles. The van der Waals surface area contributed by atoms with Crippen LogP contribution in [0.15, 0.2) is 30.5 Å². The molecule has 0 aliphatic carbocycles. The van der Waals surface area contributed by atoms with Gasteiger partial charge in [-0.3, -0.25) is 9.48 Å². The monoisotopic (exact) mass is 315 g/mol. The van der Waals surface area contributed by atoms with Gasteiger partial charge < -0.3 is 10.6 Å². The highest BCUT2D eigenvalue weighted by molar-refractivity contribution is 6.03. The molecule has 1 aromatic carbocycles. The molecule has 0 unspecified atom stereocenters. The van der Waals surface area contributed by atoms with Crippen LogP contribution in [0.25, 0.3) is 0 Å². The van der Waals surface area contributed by atoms with Crippen molar-refractivity contribution in [2.24, 2.45) is 5.92 Å². The minimum absolute atomic E-state index is 0.232. The lowest BCUT2D eigenvalue weighted by Gasteiger charge is -2.10. The van der Waals surface area contributed by atoms with Crippen LogP contribution in [0, 0.1) is 5.92 Å². The fourth-order valence-corrected chi connectivity index (χ4v) is 2.14. The molecule has 2 N–H and O–H groups in total. The van der Waals surface area contributed by atoms with E-state index in [9.17, 15) is 4.79 Å². The number of carbonyl (C=O) groups excluding carboxylic acids is 1. The fourth-order valence-electron chi connectivity index (χ4n) is 2.14. The molecule has 0 spiro atoms. The third-order valence-electron chi connectivity index (χ3n) is 3.54. The summed E-state index contributed by atoms with van der Waals surface area (Å²) in [6.07, 6.45) is 2.71. The molecule has 1 amide bonds. The van der Waals surface area contributed by atoms with E-state index in [1.54, 1.807) is 10.9 Å². The largest absolute Gasteiger partial charge is 0.320 e. The molecule has 0 aliphatic heterocycles. The number of amides is 1. The average molecular weight is 315 g/mol. The Bertz CT molecular complexity index is 635. The lowest BCUT2D eigenvalue weighted by Crippen LogP contribution is -2.17. The maximum atomic E-state index is 12.3. The van der Waals surface area contributed by atoms with E-state index in [-0.39, 0.29) is 5.91 Å². The van der Waals surface area contributed by atoms with Crippen LogP contribution in [-0.4, -0.2) is 27.4 Å². The van der Waals surface area contributed by atoms with Crippen molar-refractivity contribution in [3.63, 3.8) is 0 Å². The number of benzene rings is 1. The van der Waals surface area contributed by atoms with Crippen molar-refractivity contribution in [3.05, 3.63) is 41.7 Å². The highest BCUT2D eigenvalue weighted by Crippen LogP contribution is 2.15. The first-order chi connectivity index (χ1) is 11.1. The number of carbonyl (C=O) groups is 1. The van der Waals surface area contributed by atoms with Crippen molar-refractivity contribution in [3.8, 4) is 0 Å². The Labute approximate surface area is 137 Å². The zero-order valence-electron chi connectivity index (χ0n) is 14.0. The quantitative estimate of drug-likeness (QED) is 0.785. The van der Waals surface area contributed by atoms with Crippen molar-refractivity contribution in [2.75, 3.05) is 11.9 Å². The molecule has 124 valence electrons. The lowest BCUT2D eigenvalue weighted by molar-refractivity contribution is 0.102. The summed E-state index contributed by atoms with van der Waals surface area (Å²) in [4.78, 5) is 12.3. The highest BCUT2D eigenvalue weighted by atomic mass is 16.2. The summed E-state index contributed by atoms with van der Waals surface area (Å²) in [6, 6.07) is 7.76. The zero-order valence-corrected chi connectivity index (χ0v) is 14.0. The third kappa shape index (κ3) is 5.17. The molecular formula is C17H25N5O. The SMILES string of the molecule is CCNCc1ccccc1NC(=O)c1cn(CCC(C)C)nn1. The second kappa shape index (κ2) is 8.43. The molecule has 0 radical (unpaired) electrons. The van der Waals surface area contributed by atoms with Gasteiger partial charge in [0.15, 0.2) is 5.69 Å². The van der Waals surface area contributed by atoms with E-state index >= 15 is 0 Å². The van der Waals surface area contributed by atoms with E-state index in [4.69, 9.17) is 0 Å². The van der Waals surface area contributed by atoms with Crippen LogP contribution in [0.3, 0.4) is 0 Å². The Morgan fingerprint density at radius 3 is 2.83 bits per heavy atom. The van der Waals surface area contributed by atoms with Gasteiger partial charge in [0.2, 0.25) is 0 Å². The minimum Gasteiger partial charge on any atom is -0.320 e. The maximum absolute atomic E-state index is 12.3. The van der Waals surface area contributed by atoms with E-state index in [2.05, 4.69) is 41.7 Å². The van der Waals surface area contributed by atoms with Gasteiger partial charge in [-0.05, 0) is 30.5 Å². The van der Waals surface area contributed by atoms with Crippen molar-refractivity contribution < 1.29 is 4.79 Å². The molecule has 0 aliphatic rings. The number of hydrogen-bond donors (Lipinski definition) is 2. The van der Waals surface area contributed by atoms with Crippen LogP contribution in [0.1, 0.15) is 43.2 Å². The number of hydrogen-bond acceptors (Lipinski definition) is 4. The van der Waals surface area contributed by atoms with Crippen LogP contribution in [0.5, 0.6) is 0 Å². The zero-order chi connectivity index (χ0) is 16.7. The first kappa shape index (κ1) is 17.1. The van der Waals surface area contributed by atoms with Gasteiger partial charge >= 0.3 is 0 Å². The van der Waals surface area contributed by atoms with Crippen molar-refractivity contribution in [1.82, 2.24) is 20.3 Å². The second-order valence-electron chi connectivity index (χ2n) is 5.94. The van der Waals surface area contributed by atoms with Crippen molar-refractivity contribution in [1.29, 1.82) is 0 Å². The molecule has 2 rings (SSSR count). The first-order valence-corrected chi connectivity index (χ1v) is 8.10. The first-order valence-electron chi connectivity index (χ1n) is 8.10.